The molecule has 1 unspecified atom stereocenters. The highest BCUT2D eigenvalue weighted by molar-refractivity contribution is 5.74. The third kappa shape index (κ3) is 5.43. The van der Waals surface area contributed by atoms with E-state index in [1.807, 2.05) is 25.1 Å². The number of urea groups is 1. The van der Waals surface area contributed by atoms with Crippen LogP contribution < -0.4 is 10.2 Å². The molecule has 23 heavy (non-hydrogen) atoms. The third-order valence-electron chi connectivity index (χ3n) is 4.12. The smallest absolute Gasteiger partial charge is 0.317 e. The Morgan fingerprint density at radius 1 is 1.39 bits per heavy atom. The lowest BCUT2D eigenvalue weighted by Crippen LogP contribution is -2.53. The number of nitrogens with one attached hydrogen (secondary N) is 1. The first-order valence-electron chi connectivity index (χ1n) is 8.47. The average Bonchev–Trinajstić information content (AvgIpc) is 2.53. The molecule has 1 aromatic rings. The number of anilines is 1. The van der Waals surface area contributed by atoms with Crippen LogP contribution in [0.15, 0.2) is 30.3 Å². The second-order valence-electron chi connectivity index (χ2n) is 6.90. The van der Waals surface area contributed by atoms with Crippen LogP contribution in [0, 0.1) is 0 Å². The van der Waals surface area contributed by atoms with Crippen molar-refractivity contribution in [2.45, 2.75) is 45.3 Å². The number of carbonyl (C=O) groups excluding carboxylic acids is 1. The monoisotopic (exact) mass is 319 g/mol. The Morgan fingerprint density at radius 2 is 2.09 bits per heavy atom. The fourth-order valence-electron chi connectivity index (χ4n) is 3.03. The molecule has 5 heteroatoms. The molecule has 1 saturated heterocycles. The fourth-order valence-corrected chi connectivity index (χ4v) is 3.03. The van der Waals surface area contributed by atoms with E-state index in [1.165, 1.54) is 5.69 Å². The van der Waals surface area contributed by atoms with Crippen molar-refractivity contribution < 1.29 is 9.90 Å². The molecule has 1 aliphatic rings. The molecular weight excluding hydrogens is 290 g/mol. The number of hydrogen-bond donors (Lipinski definition) is 2. The van der Waals surface area contributed by atoms with Gasteiger partial charge in [-0.2, -0.15) is 0 Å². The van der Waals surface area contributed by atoms with Crippen molar-refractivity contribution in [2.24, 2.45) is 0 Å². The minimum absolute atomic E-state index is 0.0884. The van der Waals surface area contributed by atoms with E-state index in [0.29, 0.717) is 13.1 Å². The predicted molar refractivity (Wildman–Crippen MR) is 93.8 cm³/mol. The Morgan fingerprint density at radius 3 is 2.70 bits per heavy atom. The van der Waals surface area contributed by atoms with Crippen LogP contribution in [-0.4, -0.2) is 53.9 Å². The molecule has 0 saturated carbocycles. The number of hydrogen-bond acceptors (Lipinski definition) is 3. The van der Waals surface area contributed by atoms with Gasteiger partial charge in [-0.15, -0.1) is 0 Å². The third-order valence-corrected chi connectivity index (χ3v) is 4.12. The lowest BCUT2D eigenvalue weighted by Gasteiger charge is -2.36. The SMILES string of the molecule is CCN(CC(C)(C)O)C(=O)NC1CCCN(c2ccccc2)C1. The molecule has 2 rings (SSSR count). The van der Waals surface area contributed by atoms with Crippen LogP contribution in [0.1, 0.15) is 33.6 Å². The van der Waals surface area contributed by atoms with E-state index in [0.717, 1.165) is 25.9 Å². The van der Waals surface area contributed by atoms with E-state index in [-0.39, 0.29) is 12.1 Å². The number of carbonyl (C=O) groups is 1. The number of piperidine rings is 1. The highest BCUT2D eigenvalue weighted by Crippen LogP contribution is 2.19. The molecular formula is C18H29N3O2. The molecule has 1 aliphatic heterocycles. The van der Waals surface area contributed by atoms with Gasteiger partial charge in [0.2, 0.25) is 0 Å². The summed E-state index contributed by atoms with van der Waals surface area (Å²) in [4.78, 5) is 16.4. The highest BCUT2D eigenvalue weighted by Gasteiger charge is 2.25. The molecule has 0 radical (unpaired) electrons. The standard InChI is InChI=1S/C18H29N3O2/c1-4-20(14-18(2,3)23)17(22)19-15-9-8-12-21(13-15)16-10-6-5-7-11-16/h5-7,10-11,15,23H,4,8-9,12-14H2,1-3H3,(H,19,22). The fraction of sp³-hybridized carbons (Fsp3) is 0.611. The molecule has 2 N–H and O–H groups in total. The summed E-state index contributed by atoms with van der Waals surface area (Å²) in [6.07, 6.45) is 2.06. The second kappa shape index (κ2) is 7.68. The van der Waals surface area contributed by atoms with E-state index in [9.17, 15) is 9.90 Å². The van der Waals surface area contributed by atoms with Gasteiger partial charge in [-0.1, -0.05) is 18.2 Å². The van der Waals surface area contributed by atoms with Crippen LogP contribution in [0.3, 0.4) is 0 Å². The summed E-state index contributed by atoms with van der Waals surface area (Å²) in [6.45, 7) is 8.16. The summed E-state index contributed by atoms with van der Waals surface area (Å²) in [5, 5.41) is 13.1. The van der Waals surface area contributed by atoms with E-state index in [2.05, 4.69) is 22.3 Å². The van der Waals surface area contributed by atoms with E-state index < -0.39 is 5.60 Å². The van der Waals surface area contributed by atoms with Crippen molar-refractivity contribution >= 4 is 11.7 Å². The van der Waals surface area contributed by atoms with Crippen LogP contribution in [-0.2, 0) is 0 Å². The number of amides is 2. The van der Waals surface area contributed by atoms with Crippen molar-refractivity contribution in [3.63, 3.8) is 0 Å². The minimum atomic E-state index is -0.879. The lowest BCUT2D eigenvalue weighted by molar-refractivity contribution is 0.0475. The minimum Gasteiger partial charge on any atom is -0.389 e. The number of para-hydroxylation sites is 1. The normalized spacial score (nSPS) is 18.6. The Kier molecular flexibility index (Phi) is 5.88. The molecule has 0 aliphatic carbocycles. The maximum Gasteiger partial charge on any atom is 0.317 e. The van der Waals surface area contributed by atoms with Crippen molar-refractivity contribution in [1.29, 1.82) is 0 Å². The van der Waals surface area contributed by atoms with E-state index in [4.69, 9.17) is 0 Å². The van der Waals surface area contributed by atoms with Crippen molar-refractivity contribution in [3.05, 3.63) is 30.3 Å². The number of benzene rings is 1. The molecule has 5 nitrogen and oxygen atoms in total. The van der Waals surface area contributed by atoms with Gasteiger partial charge in [0.25, 0.3) is 0 Å². The van der Waals surface area contributed by atoms with Gasteiger partial charge in [-0.25, -0.2) is 4.79 Å². The summed E-state index contributed by atoms with van der Waals surface area (Å²) in [5.74, 6) is 0. The quantitative estimate of drug-likeness (QED) is 0.876. The maximum atomic E-state index is 12.4. The van der Waals surface area contributed by atoms with Gasteiger partial charge >= 0.3 is 6.03 Å². The summed E-state index contributed by atoms with van der Waals surface area (Å²) in [7, 11) is 0. The van der Waals surface area contributed by atoms with Crippen molar-refractivity contribution in [1.82, 2.24) is 10.2 Å². The summed E-state index contributed by atoms with van der Waals surface area (Å²) in [6, 6.07) is 10.4. The molecule has 1 atom stereocenters. The topological polar surface area (TPSA) is 55.8 Å². The van der Waals surface area contributed by atoms with Crippen molar-refractivity contribution in [3.8, 4) is 0 Å². The number of nitrogens with zero attached hydrogens (tertiary/aromatic N) is 2. The van der Waals surface area contributed by atoms with Gasteiger partial charge in [-0.3, -0.25) is 0 Å². The lowest BCUT2D eigenvalue weighted by atomic mass is 10.0. The van der Waals surface area contributed by atoms with Crippen molar-refractivity contribution in [2.75, 3.05) is 31.1 Å². The number of aliphatic hydroxyl groups is 1. The van der Waals surface area contributed by atoms with E-state index >= 15 is 0 Å². The van der Waals surface area contributed by atoms with Crippen LogP contribution in [0.5, 0.6) is 0 Å². The molecule has 1 fully saturated rings. The Balaban J connectivity index is 1.92. The summed E-state index contributed by atoms with van der Waals surface area (Å²) < 4.78 is 0. The molecule has 0 spiro atoms. The molecule has 1 heterocycles. The second-order valence-corrected chi connectivity index (χ2v) is 6.90. The first kappa shape index (κ1) is 17.6. The average molecular weight is 319 g/mol. The van der Waals surface area contributed by atoms with Crippen LogP contribution >= 0.6 is 0 Å². The van der Waals surface area contributed by atoms with Gasteiger partial charge in [0.1, 0.15) is 0 Å². The van der Waals surface area contributed by atoms with Crippen LogP contribution in [0.25, 0.3) is 0 Å². The zero-order chi connectivity index (χ0) is 16.9. The zero-order valence-electron chi connectivity index (χ0n) is 14.5. The summed E-state index contributed by atoms with van der Waals surface area (Å²) >= 11 is 0. The maximum absolute atomic E-state index is 12.4. The first-order valence-corrected chi connectivity index (χ1v) is 8.47. The summed E-state index contributed by atoms with van der Waals surface area (Å²) in [5.41, 5.74) is 0.325. The zero-order valence-corrected chi connectivity index (χ0v) is 14.5. The highest BCUT2D eigenvalue weighted by atomic mass is 16.3. The van der Waals surface area contributed by atoms with Crippen LogP contribution in [0.2, 0.25) is 0 Å². The predicted octanol–water partition coefficient (Wildman–Crippen LogP) is 2.46. The van der Waals surface area contributed by atoms with Gasteiger partial charge in [0, 0.05) is 31.4 Å². The van der Waals surface area contributed by atoms with Gasteiger partial charge in [0.05, 0.1) is 12.1 Å². The van der Waals surface area contributed by atoms with Gasteiger partial charge < -0.3 is 20.2 Å². The molecule has 1 aromatic carbocycles. The van der Waals surface area contributed by atoms with Crippen LogP contribution in [0.4, 0.5) is 10.5 Å². The number of likely N-dealkylation sites (N-methyl/N-ethyl adjacent to an activating group) is 1. The molecule has 0 aromatic heterocycles. The molecule has 0 bridgehead atoms. The Hall–Kier alpha value is -1.75. The Bertz CT molecular complexity index is 499. The molecule has 128 valence electrons. The first-order chi connectivity index (χ1) is 10.9. The molecule has 2 amide bonds. The number of rotatable bonds is 5. The van der Waals surface area contributed by atoms with Gasteiger partial charge in [-0.05, 0) is 45.7 Å². The van der Waals surface area contributed by atoms with Gasteiger partial charge in [0.15, 0.2) is 0 Å². The Labute approximate surface area is 139 Å². The largest absolute Gasteiger partial charge is 0.389 e. The van der Waals surface area contributed by atoms with E-state index in [1.54, 1.807) is 18.7 Å².